The van der Waals surface area contributed by atoms with Crippen molar-refractivity contribution < 1.29 is 13.3 Å². The molecule has 0 amide bonds. The van der Waals surface area contributed by atoms with Crippen molar-refractivity contribution in [3.05, 3.63) is 28.3 Å². The van der Waals surface area contributed by atoms with E-state index in [0.717, 1.165) is 32.0 Å². The summed E-state index contributed by atoms with van der Waals surface area (Å²) in [6, 6.07) is 4.29. The number of benzene rings is 1. The van der Waals surface area contributed by atoms with E-state index in [9.17, 15) is 18.5 Å². The molecule has 1 saturated heterocycles. The van der Waals surface area contributed by atoms with Crippen LogP contribution in [0.25, 0.3) is 0 Å². The third-order valence-electron chi connectivity index (χ3n) is 5.45. The molecule has 27 heavy (non-hydrogen) atoms. The average Bonchev–Trinajstić information content (AvgIpc) is 3.19. The van der Waals surface area contributed by atoms with Gasteiger partial charge in [0.1, 0.15) is 5.69 Å². The highest BCUT2D eigenvalue weighted by molar-refractivity contribution is 7.89. The molecule has 2 N–H and O–H groups in total. The van der Waals surface area contributed by atoms with E-state index < -0.39 is 14.9 Å². The van der Waals surface area contributed by atoms with Crippen molar-refractivity contribution in [2.75, 3.05) is 32.0 Å². The van der Waals surface area contributed by atoms with Gasteiger partial charge in [0.15, 0.2) is 0 Å². The van der Waals surface area contributed by atoms with Crippen LogP contribution in [0.1, 0.15) is 39.5 Å². The predicted molar refractivity (Wildman–Crippen MR) is 106 cm³/mol. The Bertz CT molecular complexity index is 742. The maximum Gasteiger partial charge on any atom is 0.293 e. The van der Waals surface area contributed by atoms with Crippen molar-refractivity contribution in [3.8, 4) is 0 Å². The number of rotatable bonds is 10. The normalized spacial score (nSPS) is 16.6. The summed E-state index contributed by atoms with van der Waals surface area (Å²) >= 11 is 0. The van der Waals surface area contributed by atoms with Gasteiger partial charge in [0, 0.05) is 18.7 Å². The van der Waals surface area contributed by atoms with Crippen LogP contribution in [-0.4, -0.2) is 51.0 Å². The van der Waals surface area contributed by atoms with Crippen molar-refractivity contribution in [1.82, 2.24) is 9.62 Å². The summed E-state index contributed by atoms with van der Waals surface area (Å²) in [5.41, 5.74) is 0.126. The van der Waals surface area contributed by atoms with Gasteiger partial charge in [0.05, 0.1) is 9.82 Å². The molecule has 0 spiro atoms. The van der Waals surface area contributed by atoms with Crippen molar-refractivity contribution in [3.63, 3.8) is 0 Å². The molecule has 1 aliphatic rings. The minimum atomic E-state index is -3.73. The summed E-state index contributed by atoms with van der Waals surface area (Å²) in [7, 11) is -2.45. The maximum absolute atomic E-state index is 11.9. The summed E-state index contributed by atoms with van der Waals surface area (Å²) < 4.78 is 26.0. The smallest absolute Gasteiger partial charge is 0.293 e. The molecule has 2 rings (SSSR count). The molecule has 0 bridgehead atoms. The first-order valence-corrected chi connectivity index (χ1v) is 11.0. The molecule has 1 heterocycles. The molecule has 1 aromatic carbocycles. The lowest BCUT2D eigenvalue weighted by Gasteiger charge is -2.34. The molecule has 0 aliphatic carbocycles. The summed E-state index contributed by atoms with van der Waals surface area (Å²) in [5, 5.41) is 14.7. The Morgan fingerprint density at radius 1 is 1.22 bits per heavy atom. The Hall–Kier alpha value is -1.71. The summed E-state index contributed by atoms with van der Waals surface area (Å²) in [6.45, 7) is 7.08. The van der Waals surface area contributed by atoms with E-state index in [2.05, 4.69) is 28.8 Å². The molecular weight excluding hydrogens is 368 g/mol. The molecule has 0 aromatic heterocycles. The van der Waals surface area contributed by atoms with E-state index in [1.807, 2.05) is 0 Å². The number of nitrogens with one attached hydrogen (secondary N) is 2. The number of sulfonamides is 1. The summed E-state index contributed by atoms with van der Waals surface area (Å²) in [4.78, 5) is 13.3. The maximum atomic E-state index is 11.9. The Morgan fingerprint density at radius 2 is 1.85 bits per heavy atom. The molecule has 152 valence electrons. The number of nitrogens with zero attached hydrogens (tertiary/aromatic N) is 2. The fourth-order valence-electron chi connectivity index (χ4n) is 3.81. The Kier molecular flexibility index (Phi) is 7.58. The lowest BCUT2D eigenvalue weighted by Crippen LogP contribution is -2.43. The minimum absolute atomic E-state index is 0.113. The van der Waals surface area contributed by atoms with E-state index in [-0.39, 0.29) is 10.6 Å². The largest absolute Gasteiger partial charge is 0.378 e. The van der Waals surface area contributed by atoms with Crippen LogP contribution in [0.2, 0.25) is 0 Å². The number of nitro groups is 1. The second kappa shape index (κ2) is 9.48. The van der Waals surface area contributed by atoms with Crippen LogP contribution in [0, 0.1) is 16.0 Å². The first-order valence-electron chi connectivity index (χ1n) is 9.53. The first kappa shape index (κ1) is 21.6. The van der Waals surface area contributed by atoms with E-state index in [4.69, 9.17) is 0 Å². The molecule has 1 atom stereocenters. The standard InChI is InChI=1S/C18H30N4O4S/c1-4-14(5-2)18(21-10-6-7-11-21)13-20-16-9-8-15(27(25,26)19-3)12-17(16)22(23)24/h8-9,12,14,18-20H,4-7,10-11,13H2,1-3H3/t18-/m1/s1. The lowest BCUT2D eigenvalue weighted by molar-refractivity contribution is -0.384. The third-order valence-corrected chi connectivity index (χ3v) is 6.86. The van der Waals surface area contributed by atoms with Crippen LogP contribution in [0.3, 0.4) is 0 Å². The van der Waals surface area contributed by atoms with E-state index >= 15 is 0 Å². The number of anilines is 1. The molecular formula is C18H30N4O4S. The highest BCUT2D eigenvalue weighted by Crippen LogP contribution is 2.29. The van der Waals surface area contributed by atoms with Crippen molar-refractivity contribution >= 4 is 21.4 Å². The van der Waals surface area contributed by atoms with Crippen LogP contribution in [-0.2, 0) is 10.0 Å². The molecule has 0 saturated carbocycles. The highest BCUT2D eigenvalue weighted by Gasteiger charge is 2.28. The van der Waals surface area contributed by atoms with Gasteiger partial charge in [0.25, 0.3) is 5.69 Å². The monoisotopic (exact) mass is 398 g/mol. The quantitative estimate of drug-likeness (QED) is 0.464. The SMILES string of the molecule is CCC(CC)[C@@H](CNc1ccc(S(=O)(=O)NC)cc1[N+](=O)[O-])N1CCCC1. The molecule has 8 nitrogen and oxygen atoms in total. The van der Waals surface area contributed by atoms with Gasteiger partial charge < -0.3 is 5.32 Å². The Labute approximate surface area is 161 Å². The van der Waals surface area contributed by atoms with E-state index in [1.165, 1.54) is 32.0 Å². The summed E-state index contributed by atoms with van der Waals surface area (Å²) in [6.07, 6.45) is 4.49. The van der Waals surface area contributed by atoms with E-state index in [0.29, 0.717) is 24.2 Å². The van der Waals surface area contributed by atoms with Gasteiger partial charge in [-0.3, -0.25) is 15.0 Å². The second-order valence-corrected chi connectivity index (χ2v) is 8.80. The van der Waals surface area contributed by atoms with E-state index in [1.54, 1.807) is 0 Å². The molecule has 1 aromatic rings. The summed E-state index contributed by atoms with van der Waals surface area (Å²) in [5.74, 6) is 0.513. The first-order chi connectivity index (χ1) is 12.8. The highest BCUT2D eigenvalue weighted by atomic mass is 32.2. The number of hydrogen-bond donors (Lipinski definition) is 2. The molecule has 9 heteroatoms. The topological polar surface area (TPSA) is 105 Å². The van der Waals surface area contributed by atoms with Crippen molar-refractivity contribution in [2.45, 2.75) is 50.5 Å². The van der Waals surface area contributed by atoms with Gasteiger partial charge in [-0.2, -0.15) is 0 Å². The van der Waals surface area contributed by atoms with Gasteiger partial charge in [-0.15, -0.1) is 0 Å². The van der Waals surface area contributed by atoms with Crippen LogP contribution in [0.15, 0.2) is 23.1 Å². The van der Waals surface area contributed by atoms with Gasteiger partial charge in [-0.1, -0.05) is 26.7 Å². The van der Waals surface area contributed by atoms with Gasteiger partial charge in [-0.25, -0.2) is 13.1 Å². The van der Waals surface area contributed by atoms with Crippen molar-refractivity contribution in [2.24, 2.45) is 5.92 Å². The fourth-order valence-corrected chi connectivity index (χ4v) is 4.56. The Balaban J connectivity index is 2.25. The fraction of sp³-hybridized carbons (Fsp3) is 0.667. The average molecular weight is 399 g/mol. The molecule has 1 aliphatic heterocycles. The van der Waals surface area contributed by atoms with Gasteiger partial charge in [-0.05, 0) is 51.0 Å². The lowest BCUT2D eigenvalue weighted by atomic mass is 9.93. The molecule has 1 fully saturated rings. The predicted octanol–water partition coefficient (Wildman–Crippen LogP) is 2.82. The second-order valence-electron chi connectivity index (χ2n) is 6.91. The van der Waals surface area contributed by atoms with Crippen LogP contribution in [0.4, 0.5) is 11.4 Å². The van der Waals surface area contributed by atoms with Gasteiger partial charge >= 0.3 is 0 Å². The third kappa shape index (κ3) is 5.18. The molecule has 0 radical (unpaired) electrons. The van der Waals surface area contributed by atoms with Gasteiger partial charge in [0.2, 0.25) is 10.0 Å². The van der Waals surface area contributed by atoms with Crippen molar-refractivity contribution in [1.29, 1.82) is 0 Å². The van der Waals surface area contributed by atoms with Crippen LogP contribution in [0.5, 0.6) is 0 Å². The number of nitro benzene ring substituents is 1. The zero-order valence-corrected chi connectivity index (χ0v) is 17.1. The Morgan fingerprint density at radius 3 is 2.37 bits per heavy atom. The van der Waals surface area contributed by atoms with Crippen LogP contribution < -0.4 is 10.0 Å². The number of hydrogen-bond acceptors (Lipinski definition) is 6. The minimum Gasteiger partial charge on any atom is -0.378 e. The van der Waals surface area contributed by atoms with Crippen LogP contribution >= 0.6 is 0 Å². The number of likely N-dealkylation sites (tertiary alicyclic amines) is 1. The molecule has 0 unspecified atom stereocenters. The zero-order chi connectivity index (χ0) is 20.0. The zero-order valence-electron chi connectivity index (χ0n) is 16.3.